The first-order valence-corrected chi connectivity index (χ1v) is 8.87. The fourth-order valence-electron chi connectivity index (χ4n) is 5.41. The Bertz CT molecular complexity index is 630. The maximum absolute atomic E-state index is 4.47. The lowest BCUT2D eigenvalue weighted by molar-refractivity contribution is 0.131. The number of hydrogen-bond donors (Lipinski definition) is 0. The van der Waals surface area contributed by atoms with Crippen LogP contribution >= 0.6 is 0 Å². The van der Waals surface area contributed by atoms with E-state index in [0.717, 1.165) is 5.92 Å². The van der Waals surface area contributed by atoms with Gasteiger partial charge in [-0.05, 0) is 110 Å². The first kappa shape index (κ1) is 15.8. The summed E-state index contributed by atoms with van der Waals surface area (Å²) in [6, 6.07) is 0. The summed E-state index contributed by atoms with van der Waals surface area (Å²) in [4.78, 5) is 0. The van der Waals surface area contributed by atoms with Crippen molar-refractivity contribution in [1.29, 1.82) is 0 Å². The molecule has 0 saturated heterocycles. The van der Waals surface area contributed by atoms with Gasteiger partial charge >= 0.3 is 0 Å². The largest absolute Gasteiger partial charge is 0.0990 e. The molecule has 2 unspecified atom stereocenters. The second-order valence-electron chi connectivity index (χ2n) is 8.65. The van der Waals surface area contributed by atoms with Crippen LogP contribution in [0.3, 0.4) is 0 Å². The quantitative estimate of drug-likeness (QED) is 0.574. The Morgan fingerprint density at radius 2 is 1.41 bits per heavy atom. The van der Waals surface area contributed by atoms with E-state index >= 15 is 0 Å². The van der Waals surface area contributed by atoms with E-state index in [4.69, 9.17) is 0 Å². The summed E-state index contributed by atoms with van der Waals surface area (Å²) >= 11 is 0. The Kier molecular flexibility index (Phi) is 3.40. The van der Waals surface area contributed by atoms with Gasteiger partial charge < -0.3 is 0 Å². The van der Waals surface area contributed by atoms with Gasteiger partial charge in [0.05, 0.1) is 0 Å². The maximum Gasteiger partial charge on any atom is -0.00848 e. The lowest BCUT2D eigenvalue weighted by Crippen LogP contribution is -2.36. The van der Waals surface area contributed by atoms with Crippen molar-refractivity contribution in [2.75, 3.05) is 0 Å². The molecule has 3 rings (SSSR count). The Hall–Kier alpha value is -1.04. The van der Waals surface area contributed by atoms with E-state index in [9.17, 15) is 0 Å². The fourth-order valence-corrected chi connectivity index (χ4v) is 5.41. The van der Waals surface area contributed by atoms with Gasteiger partial charge in [0.1, 0.15) is 0 Å². The lowest BCUT2D eigenvalue weighted by Gasteiger charge is -2.44. The van der Waals surface area contributed by atoms with E-state index in [-0.39, 0.29) is 0 Å². The third-order valence-corrected chi connectivity index (χ3v) is 7.90. The van der Waals surface area contributed by atoms with Crippen molar-refractivity contribution in [1.82, 2.24) is 0 Å². The molecular formula is C22H32. The second-order valence-corrected chi connectivity index (χ2v) is 8.65. The smallest absolute Gasteiger partial charge is 0.00848 e. The van der Waals surface area contributed by atoms with Crippen LogP contribution < -0.4 is 0 Å². The van der Waals surface area contributed by atoms with Crippen molar-refractivity contribution in [3.8, 4) is 0 Å². The van der Waals surface area contributed by atoms with Crippen molar-refractivity contribution < 1.29 is 0 Å². The van der Waals surface area contributed by atoms with Crippen molar-refractivity contribution in [3.05, 3.63) is 45.5 Å². The van der Waals surface area contributed by atoms with E-state index in [0.29, 0.717) is 10.8 Å². The molecule has 1 aromatic carbocycles. The highest BCUT2D eigenvalue weighted by atomic mass is 14.6. The molecule has 0 aliphatic heterocycles. The highest BCUT2D eigenvalue weighted by Gasteiger charge is 2.58. The van der Waals surface area contributed by atoms with Gasteiger partial charge in [-0.25, -0.2) is 0 Å². The number of allylic oxidation sites excluding steroid dienone is 1. The average Bonchev–Trinajstić information content (AvgIpc) is 2.98. The van der Waals surface area contributed by atoms with Crippen LogP contribution in [0.5, 0.6) is 0 Å². The highest BCUT2D eigenvalue weighted by Crippen LogP contribution is 2.67. The normalized spacial score (nSPS) is 29.4. The molecule has 0 spiro atoms. The minimum Gasteiger partial charge on any atom is -0.0990 e. The van der Waals surface area contributed by atoms with Crippen molar-refractivity contribution in [2.24, 2.45) is 16.7 Å². The predicted molar refractivity (Wildman–Crippen MR) is 96.5 cm³/mol. The van der Waals surface area contributed by atoms with Crippen LogP contribution in [-0.4, -0.2) is 0 Å². The van der Waals surface area contributed by atoms with E-state index in [2.05, 4.69) is 55.0 Å². The van der Waals surface area contributed by atoms with Crippen LogP contribution in [-0.2, 0) is 6.42 Å². The van der Waals surface area contributed by atoms with Crippen LogP contribution in [0.4, 0.5) is 0 Å². The van der Waals surface area contributed by atoms with Gasteiger partial charge in [-0.2, -0.15) is 0 Å². The molecule has 0 amide bonds. The topological polar surface area (TPSA) is 0 Å². The number of fused-ring (bicyclic) bond motifs is 2. The van der Waals surface area contributed by atoms with Crippen LogP contribution in [0.15, 0.2) is 12.2 Å². The van der Waals surface area contributed by atoms with E-state index < -0.39 is 0 Å². The molecule has 0 heterocycles. The van der Waals surface area contributed by atoms with E-state index in [1.54, 1.807) is 5.56 Å². The summed E-state index contributed by atoms with van der Waals surface area (Å²) in [6.45, 7) is 20.9. The zero-order valence-electron chi connectivity index (χ0n) is 15.6. The summed E-state index contributed by atoms with van der Waals surface area (Å²) in [7, 11) is 0. The molecular weight excluding hydrogens is 264 g/mol. The molecule has 0 N–H and O–H groups in total. The Morgan fingerprint density at radius 3 is 1.86 bits per heavy atom. The van der Waals surface area contributed by atoms with Crippen molar-refractivity contribution in [3.63, 3.8) is 0 Å². The standard InChI is InChI=1S/C22H32/c1-13-14(2)16(4)20(17(5)15(13)3)12-22-10-9-19(11-22)18(6)21(22,7)8/h19H,6,9-12H2,1-5,7-8H3. The summed E-state index contributed by atoms with van der Waals surface area (Å²) < 4.78 is 0. The number of rotatable bonds is 2. The van der Waals surface area contributed by atoms with Crippen molar-refractivity contribution in [2.45, 2.75) is 74.1 Å². The Labute approximate surface area is 137 Å². The van der Waals surface area contributed by atoms with Gasteiger partial charge in [0.2, 0.25) is 0 Å². The summed E-state index contributed by atoms with van der Waals surface area (Å²) in [5.41, 5.74) is 11.4. The molecule has 2 bridgehead atoms. The van der Waals surface area contributed by atoms with Crippen LogP contribution in [0.1, 0.15) is 66.5 Å². The minimum absolute atomic E-state index is 0.293. The first-order valence-electron chi connectivity index (χ1n) is 8.87. The summed E-state index contributed by atoms with van der Waals surface area (Å²) in [5.74, 6) is 0.781. The van der Waals surface area contributed by atoms with Gasteiger partial charge in [0, 0.05) is 0 Å². The average molecular weight is 296 g/mol. The molecule has 22 heavy (non-hydrogen) atoms. The molecule has 2 aliphatic carbocycles. The third kappa shape index (κ3) is 1.82. The molecule has 0 nitrogen and oxygen atoms in total. The molecule has 0 aromatic heterocycles. The van der Waals surface area contributed by atoms with Gasteiger partial charge in [-0.15, -0.1) is 0 Å². The second kappa shape index (κ2) is 4.73. The van der Waals surface area contributed by atoms with Crippen LogP contribution in [0.2, 0.25) is 0 Å². The molecule has 0 heteroatoms. The van der Waals surface area contributed by atoms with Gasteiger partial charge in [-0.1, -0.05) is 26.0 Å². The molecule has 0 radical (unpaired) electrons. The Morgan fingerprint density at radius 1 is 0.909 bits per heavy atom. The van der Waals surface area contributed by atoms with E-state index in [1.807, 2.05) is 0 Å². The molecule has 2 aliphatic rings. The zero-order chi connectivity index (χ0) is 16.4. The molecule has 1 aromatic rings. The number of hydrogen-bond acceptors (Lipinski definition) is 0. The predicted octanol–water partition coefficient (Wildman–Crippen LogP) is 6.15. The minimum atomic E-state index is 0.293. The monoisotopic (exact) mass is 296 g/mol. The first-order chi connectivity index (χ1) is 10.1. The number of benzene rings is 1. The van der Waals surface area contributed by atoms with Gasteiger partial charge in [-0.3, -0.25) is 0 Å². The summed E-state index contributed by atoms with van der Waals surface area (Å²) in [5, 5.41) is 0. The zero-order valence-corrected chi connectivity index (χ0v) is 15.6. The molecule has 2 atom stereocenters. The lowest BCUT2D eigenvalue weighted by atomic mass is 9.60. The van der Waals surface area contributed by atoms with Crippen molar-refractivity contribution >= 4 is 0 Å². The third-order valence-electron chi connectivity index (χ3n) is 7.90. The van der Waals surface area contributed by atoms with Gasteiger partial charge in [0.15, 0.2) is 0 Å². The van der Waals surface area contributed by atoms with Gasteiger partial charge in [0.25, 0.3) is 0 Å². The summed E-state index contributed by atoms with van der Waals surface area (Å²) in [6.07, 6.45) is 5.36. The maximum atomic E-state index is 4.47. The van der Waals surface area contributed by atoms with E-state index in [1.165, 1.54) is 59.1 Å². The fraction of sp³-hybridized carbons (Fsp3) is 0.636. The highest BCUT2D eigenvalue weighted by molar-refractivity contribution is 5.50. The van der Waals surface area contributed by atoms with Crippen LogP contribution in [0, 0.1) is 51.4 Å². The SMILES string of the molecule is C=C1C2CCC(Cc3c(C)c(C)c(C)c(C)c3C)(C2)C1(C)C. The van der Waals surface area contributed by atoms with Crippen LogP contribution in [0.25, 0.3) is 0 Å². The molecule has 120 valence electrons. The molecule has 2 fully saturated rings. The Balaban J connectivity index is 2.10. The molecule has 2 saturated carbocycles.